The van der Waals surface area contributed by atoms with E-state index >= 15 is 0 Å². The minimum Gasteiger partial charge on any atom is -0.391 e. The van der Waals surface area contributed by atoms with Crippen LogP contribution in [-0.4, -0.2) is 39.3 Å². The number of nitrogens with one attached hydrogen (secondary N) is 2. The number of amides is 1. The SMILES string of the molecule is CC(O)C(C)(C)NC(=O)c1noc(C2CCCN2)n1. The Morgan fingerprint density at radius 1 is 1.63 bits per heavy atom. The number of carbonyl (C=O) groups excluding carboxylic acids is 1. The van der Waals surface area contributed by atoms with Gasteiger partial charge in [-0.3, -0.25) is 4.79 Å². The highest BCUT2D eigenvalue weighted by atomic mass is 16.5. The van der Waals surface area contributed by atoms with Crippen LogP contribution in [0.25, 0.3) is 0 Å². The zero-order valence-electron chi connectivity index (χ0n) is 11.4. The molecule has 0 aliphatic carbocycles. The Morgan fingerprint density at radius 3 is 2.95 bits per heavy atom. The van der Waals surface area contributed by atoms with Crippen molar-refractivity contribution in [3.05, 3.63) is 11.7 Å². The molecule has 1 fully saturated rings. The Bertz CT molecular complexity index is 450. The summed E-state index contributed by atoms with van der Waals surface area (Å²) >= 11 is 0. The average molecular weight is 268 g/mol. The smallest absolute Gasteiger partial charge is 0.293 e. The Balaban J connectivity index is 2.04. The lowest BCUT2D eigenvalue weighted by Gasteiger charge is -2.28. The molecule has 2 heterocycles. The summed E-state index contributed by atoms with van der Waals surface area (Å²) in [6.07, 6.45) is 1.31. The van der Waals surface area contributed by atoms with Crippen LogP contribution in [0.4, 0.5) is 0 Å². The molecule has 1 aromatic heterocycles. The molecule has 1 aromatic rings. The van der Waals surface area contributed by atoms with Crippen molar-refractivity contribution in [1.82, 2.24) is 20.8 Å². The molecule has 0 spiro atoms. The largest absolute Gasteiger partial charge is 0.391 e. The summed E-state index contributed by atoms with van der Waals surface area (Å²) in [6.45, 7) is 6.00. The van der Waals surface area contributed by atoms with E-state index in [0.29, 0.717) is 5.89 Å². The third-order valence-electron chi connectivity index (χ3n) is 3.48. The van der Waals surface area contributed by atoms with E-state index in [2.05, 4.69) is 20.8 Å². The maximum Gasteiger partial charge on any atom is 0.293 e. The molecule has 7 heteroatoms. The molecule has 1 saturated heterocycles. The van der Waals surface area contributed by atoms with Crippen LogP contribution in [0.1, 0.15) is 56.2 Å². The molecule has 3 N–H and O–H groups in total. The fourth-order valence-corrected chi connectivity index (χ4v) is 1.82. The van der Waals surface area contributed by atoms with E-state index in [-0.39, 0.29) is 11.9 Å². The molecule has 19 heavy (non-hydrogen) atoms. The maximum atomic E-state index is 12.0. The van der Waals surface area contributed by atoms with Gasteiger partial charge < -0.3 is 20.3 Å². The lowest BCUT2D eigenvalue weighted by atomic mass is 9.99. The quantitative estimate of drug-likeness (QED) is 0.730. The second kappa shape index (κ2) is 5.26. The summed E-state index contributed by atoms with van der Waals surface area (Å²) in [7, 11) is 0. The number of aromatic nitrogens is 2. The highest BCUT2D eigenvalue weighted by Gasteiger charge is 2.29. The molecule has 0 saturated carbocycles. The number of carbonyl (C=O) groups is 1. The van der Waals surface area contributed by atoms with Crippen molar-refractivity contribution in [2.45, 2.75) is 51.3 Å². The van der Waals surface area contributed by atoms with E-state index in [1.165, 1.54) is 0 Å². The van der Waals surface area contributed by atoms with Crippen LogP contribution in [-0.2, 0) is 0 Å². The summed E-state index contributed by atoms with van der Waals surface area (Å²) in [5, 5.41) is 19.2. The molecule has 0 bridgehead atoms. The molecule has 1 aliphatic heterocycles. The van der Waals surface area contributed by atoms with Crippen molar-refractivity contribution in [2.75, 3.05) is 6.54 Å². The number of aliphatic hydroxyl groups excluding tert-OH is 1. The van der Waals surface area contributed by atoms with Crippen molar-refractivity contribution < 1.29 is 14.4 Å². The lowest BCUT2D eigenvalue weighted by molar-refractivity contribution is 0.0698. The van der Waals surface area contributed by atoms with Crippen molar-refractivity contribution in [3.63, 3.8) is 0 Å². The Morgan fingerprint density at radius 2 is 2.37 bits per heavy atom. The minimum atomic E-state index is -0.747. The van der Waals surface area contributed by atoms with Crippen LogP contribution in [0.5, 0.6) is 0 Å². The molecular formula is C12H20N4O3. The predicted molar refractivity (Wildman–Crippen MR) is 67.5 cm³/mol. The van der Waals surface area contributed by atoms with Gasteiger partial charge in [0.15, 0.2) is 0 Å². The molecule has 7 nitrogen and oxygen atoms in total. The molecule has 2 unspecified atom stereocenters. The first-order valence-corrected chi connectivity index (χ1v) is 6.48. The van der Waals surface area contributed by atoms with E-state index in [0.717, 1.165) is 19.4 Å². The number of nitrogens with zero attached hydrogens (tertiary/aromatic N) is 2. The molecular weight excluding hydrogens is 248 g/mol. The minimum absolute atomic E-state index is 0.00238. The topological polar surface area (TPSA) is 100 Å². The number of aliphatic hydroxyl groups is 1. The average Bonchev–Trinajstić information content (AvgIpc) is 2.99. The lowest BCUT2D eigenvalue weighted by Crippen LogP contribution is -2.51. The van der Waals surface area contributed by atoms with Gasteiger partial charge in [0.25, 0.3) is 11.7 Å². The Hall–Kier alpha value is -1.47. The fourth-order valence-electron chi connectivity index (χ4n) is 1.82. The molecule has 2 atom stereocenters. The second-order valence-electron chi connectivity index (χ2n) is 5.46. The van der Waals surface area contributed by atoms with Crippen molar-refractivity contribution in [2.24, 2.45) is 0 Å². The van der Waals surface area contributed by atoms with E-state index in [1.54, 1.807) is 20.8 Å². The van der Waals surface area contributed by atoms with Gasteiger partial charge in [-0.05, 0) is 40.2 Å². The zero-order valence-corrected chi connectivity index (χ0v) is 11.4. The Labute approximate surface area is 111 Å². The monoisotopic (exact) mass is 268 g/mol. The van der Waals surface area contributed by atoms with Gasteiger partial charge in [0.2, 0.25) is 5.89 Å². The first-order chi connectivity index (χ1) is 8.90. The van der Waals surface area contributed by atoms with Crippen LogP contribution >= 0.6 is 0 Å². The summed E-state index contributed by atoms with van der Waals surface area (Å²) < 4.78 is 5.10. The van der Waals surface area contributed by atoms with Crippen LogP contribution < -0.4 is 10.6 Å². The Kier molecular flexibility index (Phi) is 3.86. The molecule has 106 valence electrons. The zero-order chi connectivity index (χ0) is 14.0. The van der Waals surface area contributed by atoms with Gasteiger partial charge in [-0.15, -0.1) is 0 Å². The van der Waals surface area contributed by atoms with Gasteiger partial charge in [-0.25, -0.2) is 0 Å². The third-order valence-corrected chi connectivity index (χ3v) is 3.48. The molecule has 2 rings (SSSR count). The fraction of sp³-hybridized carbons (Fsp3) is 0.750. The van der Waals surface area contributed by atoms with Crippen LogP contribution in [0.3, 0.4) is 0 Å². The van der Waals surface area contributed by atoms with Gasteiger partial charge >= 0.3 is 0 Å². The number of hydrogen-bond acceptors (Lipinski definition) is 6. The first-order valence-electron chi connectivity index (χ1n) is 6.48. The first kappa shape index (κ1) is 14.0. The molecule has 1 aliphatic rings. The maximum absolute atomic E-state index is 12.0. The summed E-state index contributed by atoms with van der Waals surface area (Å²) in [5.41, 5.74) is -0.747. The van der Waals surface area contributed by atoms with Gasteiger partial charge in [0.05, 0.1) is 17.7 Å². The van der Waals surface area contributed by atoms with E-state index < -0.39 is 17.6 Å². The second-order valence-corrected chi connectivity index (χ2v) is 5.46. The van der Waals surface area contributed by atoms with Crippen molar-refractivity contribution in [3.8, 4) is 0 Å². The highest BCUT2D eigenvalue weighted by Crippen LogP contribution is 2.21. The summed E-state index contributed by atoms with van der Waals surface area (Å²) in [4.78, 5) is 16.1. The van der Waals surface area contributed by atoms with Crippen LogP contribution in [0.2, 0.25) is 0 Å². The van der Waals surface area contributed by atoms with Crippen LogP contribution in [0, 0.1) is 0 Å². The van der Waals surface area contributed by atoms with Crippen molar-refractivity contribution in [1.29, 1.82) is 0 Å². The van der Waals surface area contributed by atoms with Gasteiger partial charge in [0.1, 0.15) is 0 Å². The summed E-state index contributed by atoms with van der Waals surface area (Å²) in [6, 6.07) is 0.0406. The van der Waals surface area contributed by atoms with Crippen molar-refractivity contribution >= 4 is 5.91 Å². The molecule has 1 amide bonds. The summed E-state index contributed by atoms with van der Waals surface area (Å²) in [5.74, 6) is -0.00572. The predicted octanol–water partition coefficient (Wildman–Crippen LogP) is 0.383. The third kappa shape index (κ3) is 3.10. The van der Waals surface area contributed by atoms with Gasteiger partial charge in [0, 0.05) is 0 Å². The number of hydrogen-bond donors (Lipinski definition) is 3. The van der Waals surface area contributed by atoms with Crippen LogP contribution in [0.15, 0.2) is 4.52 Å². The van der Waals surface area contributed by atoms with E-state index in [4.69, 9.17) is 4.52 Å². The number of rotatable bonds is 4. The molecule has 0 radical (unpaired) electrons. The standard InChI is InChI=1S/C12H20N4O3/c1-7(17)12(2,3)15-10(18)9-14-11(19-16-9)8-5-4-6-13-8/h7-8,13,17H,4-6H2,1-3H3,(H,15,18). The normalized spacial score (nSPS) is 21.4. The van der Waals surface area contributed by atoms with E-state index in [1.807, 2.05) is 0 Å². The van der Waals surface area contributed by atoms with E-state index in [9.17, 15) is 9.90 Å². The van der Waals surface area contributed by atoms with Gasteiger partial charge in [-0.1, -0.05) is 5.16 Å². The highest BCUT2D eigenvalue weighted by molar-refractivity contribution is 5.90. The van der Waals surface area contributed by atoms with Gasteiger partial charge in [-0.2, -0.15) is 4.98 Å². The molecule has 0 aromatic carbocycles.